The molecule has 1 fully saturated rings. The number of rotatable bonds is 4. The van der Waals surface area contributed by atoms with Crippen LogP contribution in [0.2, 0.25) is 0 Å². The van der Waals surface area contributed by atoms with Crippen LogP contribution in [-0.2, 0) is 0 Å². The lowest BCUT2D eigenvalue weighted by molar-refractivity contribution is 0.100. The van der Waals surface area contributed by atoms with E-state index in [-0.39, 0.29) is 17.4 Å². The Labute approximate surface area is 163 Å². The van der Waals surface area contributed by atoms with Gasteiger partial charge in [0.1, 0.15) is 11.6 Å². The van der Waals surface area contributed by atoms with Crippen LogP contribution in [0, 0.1) is 0 Å². The summed E-state index contributed by atoms with van der Waals surface area (Å²) in [7, 11) is 1.55. The molecule has 0 atom stereocenters. The van der Waals surface area contributed by atoms with Gasteiger partial charge < -0.3 is 4.74 Å². The highest BCUT2D eigenvalue weighted by molar-refractivity contribution is 6.00. The highest BCUT2D eigenvalue weighted by atomic mass is 16.5. The molecule has 144 valence electrons. The molecule has 1 aliphatic rings. The van der Waals surface area contributed by atoms with E-state index in [2.05, 4.69) is 5.43 Å². The predicted octanol–water partition coefficient (Wildman–Crippen LogP) is 3.84. The zero-order valence-corrected chi connectivity index (χ0v) is 15.9. The van der Waals surface area contributed by atoms with E-state index < -0.39 is 0 Å². The number of nitrogens with one attached hydrogen (secondary N) is 1. The van der Waals surface area contributed by atoms with Crippen molar-refractivity contribution in [2.75, 3.05) is 12.5 Å². The molecule has 1 amide bonds. The molecule has 0 aliphatic heterocycles. The zero-order chi connectivity index (χ0) is 19.5. The second kappa shape index (κ2) is 7.84. The van der Waals surface area contributed by atoms with Gasteiger partial charge in [-0.15, -0.1) is 0 Å². The minimum atomic E-state index is -0.366. The van der Waals surface area contributed by atoms with Crippen LogP contribution >= 0.6 is 0 Å². The van der Waals surface area contributed by atoms with Crippen molar-refractivity contribution in [3.8, 4) is 5.75 Å². The van der Waals surface area contributed by atoms with Crippen molar-refractivity contribution in [1.29, 1.82) is 0 Å². The average Bonchev–Trinajstić information content (AvgIpc) is 2.76. The van der Waals surface area contributed by atoms with E-state index in [1.165, 1.54) is 11.1 Å². The monoisotopic (exact) mass is 377 g/mol. The summed E-state index contributed by atoms with van der Waals surface area (Å²) in [5, 5.41) is 0.494. The van der Waals surface area contributed by atoms with Crippen LogP contribution in [-0.4, -0.2) is 22.7 Å². The standard InChI is InChI=1S/C22H23N3O3/c1-28-17-11-7-10-16(14-17)21(26)24-25-20(15-8-3-2-4-9-15)23-19-13-6-5-12-18(19)22(25)27/h5-7,10-15H,2-4,8-9H2,1H3,(H,24,26). The molecular weight excluding hydrogens is 354 g/mol. The normalized spacial score (nSPS) is 14.8. The topological polar surface area (TPSA) is 73.2 Å². The summed E-state index contributed by atoms with van der Waals surface area (Å²) in [6.45, 7) is 0. The summed E-state index contributed by atoms with van der Waals surface area (Å²) in [6, 6.07) is 14.1. The Balaban J connectivity index is 1.78. The first kappa shape index (κ1) is 18.2. The second-order valence-electron chi connectivity index (χ2n) is 7.14. The Kier molecular flexibility index (Phi) is 5.10. The maximum atomic E-state index is 13.2. The summed E-state index contributed by atoms with van der Waals surface area (Å²) in [5.41, 5.74) is 3.63. The first-order valence-electron chi connectivity index (χ1n) is 9.64. The molecule has 28 heavy (non-hydrogen) atoms. The van der Waals surface area contributed by atoms with Crippen molar-refractivity contribution >= 4 is 16.8 Å². The summed E-state index contributed by atoms with van der Waals surface area (Å²) in [5.74, 6) is 1.02. The van der Waals surface area contributed by atoms with Gasteiger partial charge in [-0.05, 0) is 43.2 Å². The summed E-state index contributed by atoms with van der Waals surface area (Å²) in [6.07, 6.45) is 5.36. The van der Waals surface area contributed by atoms with Gasteiger partial charge in [-0.3, -0.25) is 15.0 Å². The fraction of sp³-hybridized carbons (Fsp3) is 0.318. The van der Waals surface area contributed by atoms with Crippen LogP contribution in [0.25, 0.3) is 10.9 Å². The van der Waals surface area contributed by atoms with Crippen LogP contribution < -0.4 is 15.7 Å². The van der Waals surface area contributed by atoms with E-state index in [4.69, 9.17) is 9.72 Å². The average molecular weight is 377 g/mol. The Bertz CT molecular complexity index is 1070. The predicted molar refractivity (Wildman–Crippen MR) is 109 cm³/mol. The van der Waals surface area contributed by atoms with Gasteiger partial charge in [-0.1, -0.05) is 37.5 Å². The molecule has 3 aromatic rings. The maximum absolute atomic E-state index is 13.2. The number of para-hydroxylation sites is 1. The number of amides is 1. The van der Waals surface area contributed by atoms with Gasteiger partial charge in [0, 0.05) is 11.5 Å². The fourth-order valence-electron chi connectivity index (χ4n) is 3.82. The lowest BCUT2D eigenvalue weighted by atomic mass is 9.88. The second-order valence-corrected chi connectivity index (χ2v) is 7.14. The van der Waals surface area contributed by atoms with Crippen molar-refractivity contribution < 1.29 is 9.53 Å². The number of carbonyl (C=O) groups excluding carboxylic acids is 1. The van der Waals surface area contributed by atoms with Gasteiger partial charge >= 0.3 is 0 Å². The third-order valence-electron chi connectivity index (χ3n) is 5.32. The van der Waals surface area contributed by atoms with Crippen molar-refractivity contribution in [2.45, 2.75) is 38.0 Å². The largest absolute Gasteiger partial charge is 0.497 e. The summed E-state index contributed by atoms with van der Waals surface area (Å²) >= 11 is 0. The molecular formula is C22H23N3O3. The van der Waals surface area contributed by atoms with E-state index in [1.54, 1.807) is 43.5 Å². The number of benzene rings is 2. The highest BCUT2D eigenvalue weighted by Crippen LogP contribution is 2.31. The molecule has 1 aromatic heterocycles. The molecule has 6 heteroatoms. The number of fused-ring (bicyclic) bond motifs is 1. The highest BCUT2D eigenvalue weighted by Gasteiger charge is 2.23. The van der Waals surface area contributed by atoms with Gasteiger partial charge in [0.25, 0.3) is 11.5 Å². The van der Waals surface area contributed by atoms with E-state index in [0.29, 0.717) is 28.0 Å². The Morgan fingerprint density at radius 2 is 1.89 bits per heavy atom. The molecule has 1 N–H and O–H groups in total. The zero-order valence-electron chi connectivity index (χ0n) is 15.9. The first-order valence-corrected chi connectivity index (χ1v) is 9.64. The van der Waals surface area contributed by atoms with Crippen molar-refractivity contribution in [3.05, 3.63) is 70.3 Å². The number of nitrogens with zero attached hydrogens (tertiary/aromatic N) is 2. The molecule has 4 rings (SSSR count). The molecule has 6 nitrogen and oxygen atoms in total. The van der Waals surface area contributed by atoms with Crippen LogP contribution in [0.3, 0.4) is 0 Å². The molecule has 0 radical (unpaired) electrons. The number of carbonyl (C=O) groups is 1. The number of hydrogen-bond acceptors (Lipinski definition) is 4. The molecule has 1 heterocycles. The summed E-state index contributed by atoms with van der Waals surface area (Å²) < 4.78 is 6.54. The lowest BCUT2D eigenvalue weighted by Crippen LogP contribution is -2.37. The first-order chi connectivity index (χ1) is 13.7. The third-order valence-corrected chi connectivity index (χ3v) is 5.32. The summed E-state index contributed by atoms with van der Waals surface area (Å²) in [4.78, 5) is 30.8. The smallest absolute Gasteiger partial charge is 0.280 e. The van der Waals surface area contributed by atoms with Gasteiger partial charge in [0.2, 0.25) is 0 Å². The van der Waals surface area contributed by atoms with E-state index in [9.17, 15) is 9.59 Å². The SMILES string of the molecule is COc1cccc(C(=O)Nn2c(C3CCCCC3)nc3ccccc3c2=O)c1. The van der Waals surface area contributed by atoms with Gasteiger partial charge in [-0.25, -0.2) is 9.66 Å². The van der Waals surface area contributed by atoms with Crippen molar-refractivity contribution in [3.63, 3.8) is 0 Å². The Hall–Kier alpha value is -3.15. The fourth-order valence-corrected chi connectivity index (χ4v) is 3.82. The molecule has 0 unspecified atom stereocenters. The van der Waals surface area contributed by atoms with Gasteiger partial charge in [0.15, 0.2) is 0 Å². The minimum Gasteiger partial charge on any atom is -0.497 e. The molecule has 0 bridgehead atoms. The van der Waals surface area contributed by atoms with Crippen LogP contribution in [0.1, 0.15) is 54.2 Å². The molecule has 0 saturated heterocycles. The maximum Gasteiger partial charge on any atom is 0.280 e. The lowest BCUT2D eigenvalue weighted by Gasteiger charge is -2.24. The third kappa shape index (κ3) is 3.50. The number of ether oxygens (including phenoxy) is 1. The van der Waals surface area contributed by atoms with E-state index in [0.717, 1.165) is 25.7 Å². The molecule has 0 spiro atoms. The number of aromatic nitrogens is 2. The van der Waals surface area contributed by atoms with Crippen LogP contribution in [0.15, 0.2) is 53.3 Å². The number of methoxy groups -OCH3 is 1. The quantitative estimate of drug-likeness (QED) is 0.750. The molecule has 1 aliphatic carbocycles. The Morgan fingerprint density at radius 1 is 1.11 bits per heavy atom. The molecule has 2 aromatic carbocycles. The van der Waals surface area contributed by atoms with Crippen LogP contribution in [0.4, 0.5) is 0 Å². The molecule has 1 saturated carbocycles. The Morgan fingerprint density at radius 3 is 2.68 bits per heavy atom. The minimum absolute atomic E-state index is 0.164. The van der Waals surface area contributed by atoms with Gasteiger partial charge in [0.05, 0.1) is 18.0 Å². The van der Waals surface area contributed by atoms with E-state index in [1.807, 2.05) is 12.1 Å². The van der Waals surface area contributed by atoms with Crippen molar-refractivity contribution in [2.24, 2.45) is 0 Å². The van der Waals surface area contributed by atoms with Crippen LogP contribution in [0.5, 0.6) is 5.75 Å². The van der Waals surface area contributed by atoms with Crippen molar-refractivity contribution in [1.82, 2.24) is 9.66 Å². The van der Waals surface area contributed by atoms with E-state index >= 15 is 0 Å². The number of hydrogen-bond donors (Lipinski definition) is 1. The van der Waals surface area contributed by atoms with Gasteiger partial charge in [-0.2, -0.15) is 0 Å².